The average Bonchev–Trinajstić information content (AvgIpc) is 2.88. The topological polar surface area (TPSA) is 47.3 Å². The maximum Gasteiger partial charge on any atom is 0.119 e. The number of aliphatic hydroxyl groups excluding tert-OH is 1. The normalized spacial score (nSPS) is 11.0. The molecule has 0 aliphatic rings. The van der Waals surface area contributed by atoms with Crippen LogP contribution in [-0.4, -0.2) is 27.9 Å². The molecule has 3 aromatic rings. The Bertz CT molecular complexity index is 747. The lowest BCUT2D eigenvalue weighted by Crippen LogP contribution is -2.07. The van der Waals surface area contributed by atoms with Crippen LogP contribution in [-0.2, 0) is 13.0 Å². The first-order valence-corrected chi connectivity index (χ1v) is 7.58. The highest BCUT2D eigenvalue weighted by atomic mass is 16.5. The Morgan fingerprint density at radius 1 is 1.09 bits per heavy atom. The van der Waals surface area contributed by atoms with Crippen LogP contribution < -0.4 is 4.74 Å². The first kappa shape index (κ1) is 14.6. The molecule has 0 spiro atoms. The third kappa shape index (κ3) is 2.97. The molecule has 4 heteroatoms. The highest BCUT2D eigenvalue weighted by Gasteiger charge is 2.10. The second kappa shape index (κ2) is 6.62. The zero-order chi connectivity index (χ0) is 15.4. The quantitative estimate of drug-likeness (QED) is 0.760. The Morgan fingerprint density at radius 3 is 2.59 bits per heavy atom. The Morgan fingerprint density at radius 2 is 1.86 bits per heavy atom. The fourth-order valence-electron chi connectivity index (χ4n) is 2.66. The van der Waals surface area contributed by atoms with Gasteiger partial charge in [0.1, 0.15) is 11.6 Å². The smallest absolute Gasteiger partial charge is 0.119 e. The summed E-state index contributed by atoms with van der Waals surface area (Å²) >= 11 is 0. The number of imidazole rings is 1. The van der Waals surface area contributed by atoms with Gasteiger partial charge in [-0.25, -0.2) is 4.98 Å². The van der Waals surface area contributed by atoms with Crippen LogP contribution in [0.1, 0.15) is 18.3 Å². The number of aliphatic hydroxyl groups is 1. The van der Waals surface area contributed by atoms with E-state index in [1.54, 1.807) is 0 Å². The number of hydrogen-bond acceptors (Lipinski definition) is 3. The molecule has 1 aromatic heterocycles. The number of nitrogens with zero attached hydrogens (tertiary/aromatic N) is 2. The maximum atomic E-state index is 9.32. The molecule has 2 aromatic carbocycles. The molecule has 0 bridgehead atoms. The molecule has 0 saturated heterocycles. The van der Waals surface area contributed by atoms with Crippen molar-refractivity contribution in [2.45, 2.75) is 19.9 Å². The highest BCUT2D eigenvalue weighted by molar-refractivity contribution is 5.76. The van der Waals surface area contributed by atoms with Crippen LogP contribution in [0.3, 0.4) is 0 Å². The first-order valence-electron chi connectivity index (χ1n) is 7.58. The molecule has 0 aliphatic carbocycles. The molecular formula is C18H20N2O2. The summed E-state index contributed by atoms with van der Waals surface area (Å²) in [6.45, 7) is 3.32. The van der Waals surface area contributed by atoms with Crippen LogP contribution in [0.5, 0.6) is 5.75 Å². The number of rotatable bonds is 6. The molecule has 1 N–H and O–H groups in total. The molecule has 0 aliphatic heterocycles. The Hall–Kier alpha value is -2.33. The van der Waals surface area contributed by atoms with Gasteiger partial charge in [0.05, 0.1) is 24.2 Å². The van der Waals surface area contributed by atoms with Crippen LogP contribution in [0.15, 0.2) is 48.5 Å². The van der Waals surface area contributed by atoms with Gasteiger partial charge < -0.3 is 14.4 Å². The molecule has 0 saturated carbocycles. The number of para-hydroxylation sites is 2. The van der Waals surface area contributed by atoms with Gasteiger partial charge in [-0.3, -0.25) is 0 Å². The molecule has 0 radical (unpaired) electrons. The fraction of sp³-hybridized carbons (Fsp3) is 0.278. The Balaban J connectivity index is 1.90. The van der Waals surface area contributed by atoms with Crippen molar-refractivity contribution in [1.29, 1.82) is 0 Å². The van der Waals surface area contributed by atoms with E-state index in [9.17, 15) is 5.11 Å². The minimum Gasteiger partial charge on any atom is -0.494 e. The third-order valence-electron chi connectivity index (χ3n) is 3.65. The highest BCUT2D eigenvalue weighted by Crippen LogP contribution is 2.20. The number of benzene rings is 2. The second-order valence-electron chi connectivity index (χ2n) is 5.15. The molecule has 0 atom stereocenters. The van der Waals surface area contributed by atoms with Crippen molar-refractivity contribution in [3.63, 3.8) is 0 Å². The van der Waals surface area contributed by atoms with Crippen LogP contribution >= 0.6 is 0 Å². The van der Waals surface area contributed by atoms with Crippen LogP contribution in [0.4, 0.5) is 0 Å². The van der Waals surface area contributed by atoms with E-state index in [1.165, 1.54) is 5.56 Å². The van der Waals surface area contributed by atoms with Gasteiger partial charge in [-0.05, 0) is 36.8 Å². The van der Waals surface area contributed by atoms with E-state index in [1.807, 2.05) is 43.3 Å². The summed E-state index contributed by atoms with van der Waals surface area (Å²) in [7, 11) is 0. The molecule has 3 rings (SSSR count). The second-order valence-corrected chi connectivity index (χ2v) is 5.15. The third-order valence-corrected chi connectivity index (χ3v) is 3.65. The fourth-order valence-corrected chi connectivity index (χ4v) is 2.66. The van der Waals surface area contributed by atoms with Gasteiger partial charge in [0.25, 0.3) is 0 Å². The van der Waals surface area contributed by atoms with Gasteiger partial charge in [-0.15, -0.1) is 0 Å². The predicted octanol–water partition coefficient (Wildman–Crippen LogP) is 3.02. The van der Waals surface area contributed by atoms with E-state index in [2.05, 4.69) is 16.7 Å². The van der Waals surface area contributed by atoms with E-state index < -0.39 is 0 Å². The standard InChI is InChI=1S/C18H20N2O2/c1-2-22-15-9-7-14(8-10-15)13-18-19-16-5-3-4-6-17(16)20(18)11-12-21/h3-10,21H,2,11-13H2,1H3. The lowest BCUT2D eigenvalue weighted by molar-refractivity contribution is 0.276. The van der Waals surface area contributed by atoms with Crippen molar-refractivity contribution < 1.29 is 9.84 Å². The summed E-state index contributed by atoms with van der Waals surface area (Å²) in [6, 6.07) is 16.1. The SMILES string of the molecule is CCOc1ccc(Cc2nc3ccccc3n2CCO)cc1. The summed E-state index contributed by atoms with van der Waals surface area (Å²) < 4.78 is 7.56. The molecule has 0 amide bonds. The molecule has 22 heavy (non-hydrogen) atoms. The molecule has 4 nitrogen and oxygen atoms in total. The lowest BCUT2D eigenvalue weighted by atomic mass is 10.1. The Kier molecular flexibility index (Phi) is 4.39. The van der Waals surface area contributed by atoms with Gasteiger partial charge in [-0.1, -0.05) is 24.3 Å². The van der Waals surface area contributed by atoms with Crippen molar-refractivity contribution in [3.05, 3.63) is 59.9 Å². The predicted molar refractivity (Wildman–Crippen MR) is 87.2 cm³/mol. The summed E-state index contributed by atoms with van der Waals surface area (Å²) in [6.07, 6.45) is 0.737. The van der Waals surface area contributed by atoms with Crippen molar-refractivity contribution >= 4 is 11.0 Å². The van der Waals surface area contributed by atoms with Crippen molar-refractivity contribution in [3.8, 4) is 5.75 Å². The van der Waals surface area contributed by atoms with E-state index in [0.717, 1.165) is 29.0 Å². The number of hydrogen-bond donors (Lipinski definition) is 1. The van der Waals surface area contributed by atoms with Crippen molar-refractivity contribution in [1.82, 2.24) is 9.55 Å². The van der Waals surface area contributed by atoms with Crippen molar-refractivity contribution in [2.24, 2.45) is 0 Å². The van der Waals surface area contributed by atoms with Gasteiger partial charge >= 0.3 is 0 Å². The van der Waals surface area contributed by atoms with Crippen LogP contribution in [0.25, 0.3) is 11.0 Å². The van der Waals surface area contributed by atoms with Gasteiger partial charge in [0.15, 0.2) is 0 Å². The minimum absolute atomic E-state index is 0.108. The number of aromatic nitrogens is 2. The maximum absolute atomic E-state index is 9.32. The minimum atomic E-state index is 0.108. The van der Waals surface area contributed by atoms with Crippen LogP contribution in [0, 0.1) is 0 Å². The lowest BCUT2D eigenvalue weighted by Gasteiger charge is -2.08. The Labute approximate surface area is 130 Å². The van der Waals surface area contributed by atoms with Gasteiger partial charge in [0.2, 0.25) is 0 Å². The van der Waals surface area contributed by atoms with E-state index in [4.69, 9.17) is 9.72 Å². The zero-order valence-corrected chi connectivity index (χ0v) is 12.7. The number of ether oxygens (including phenoxy) is 1. The van der Waals surface area contributed by atoms with Crippen LogP contribution in [0.2, 0.25) is 0 Å². The average molecular weight is 296 g/mol. The van der Waals surface area contributed by atoms with Gasteiger partial charge in [0, 0.05) is 13.0 Å². The zero-order valence-electron chi connectivity index (χ0n) is 12.7. The molecule has 0 fully saturated rings. The summed E-state index contributed by atoms with van der Waals surface area (Å²) in [4.78, 5) is 4.71. The monoisotopic (exact) mass is 296 g/mol. The summed E-state index contributed by atoms with van der Waals surface area (Å²) in [5.74, 6) is 1.86. The largest absolute Gasteiger partial charge is 0.494 e. The van der Waals surface area contributed by atoms with Gasteiger partial charge in [-0.2, -0.15) is 0 Å². The molecule has 114 valence electrons. The molecule has 0 unspecified atom stereocenters. The molecular weight excluding hydrogens is 276 g/mol. The summed E-state index contributed by atoms with van der Waals surface area (Å²) in [5, 5.41) is 9.32. The van der Waals surface area contributed by atoms with E-state index in [-0.39, 0.29) is 6.61 Å². The van der Waals surface area contributed by atoms with E-state index >= 15 is 0 Å². The first-order chi connectivity index (χ1) is 10.8. The number of fused-ring (bicyclic) bond motifs is 1. The van der Waals surface area contributed by atoms with Crippen molar-refractivity contribution in [2.75, 3.05) is 13.2 Å². The molecule has 1 heterocycles. The summed E-state index contributed by atoms with van der Waals surface area (Å²) in [5.41, 5.74) is 3.22. The van der Waals surface area contributed by atoms with E-state index in [0.29, 0.717) is 13.2 Å².